The van der Waals surface area contributed by atoms with Crippen LogP contribution in [-0.4, -0.2) is 152 Å². The van der Waals surface area contributed by atoms with E-state index < -0.39 is 29.9 Å². The number of halogens is 3. The average molecular weight is 1010 g/mol. The molecule has 0 aliphatic carbocycles. The Kier molecular flexibility index (Phi) is 11.7. The van der Waals surface area contributed by atoms with Crippen LogP contribution >= 0.6 is 11.6 Å². The maximum Gasteiger partial charge on any atom is 0.319 e. The molecule has 6 fully saturated rings. The molecule has 1 spiro atoms. The zero-order chi connectivity index (χ0) is 49.5. The number of fused-ring (bicyclic) bond motifs is 6. The number of nitrogens with one attached hydrogen (secondary N) is 2. The fourth-order valence-electron chi connectivity index (χ4n) is 12.0. The molecule has 2 unspecified atom stereocenters. The lowest BCUT2D eigenvalue weighted by Gasteiger charge is -2.47. The number of aliphatic hydroxyl groups is 1. The number of phenols is 1. The number of aromatic nitrogens is 7. The number of likely N-dealkylation sites (tertiary alicyclic amines) is 1. The Morgan fingerprint density at radius 1 is 0.877 bits per heavy atom. The number of aliphatic hydroxyl groups excluding tert-OH is 1. The highest BCUT2D eigenvalue weighted by molar-refractivity contribution is 6.33. The molecule has 5 aromatic heterocycles. The summed E-state index contributed by atoms with van der Waals surface area (Å²) in [6.07, 6.45) is 13.7. The van der Waals surface area contributed by atoms with Crippen LogP contribution in [0.5, 0.6) is 17.8 Å². The van der Waals surface area contributed by atoms with Crippen molar-refractivity contribution in [2.75, 3.05) is 75.4 Å². The molecule has 17 nitrogen and oxygen atoms in total. The van der Waals surface area contributed by atoms with Gasteiger partial charge in [-0.2, -0.15) is 15.0 Å². The largest absolute Gasteiger partial charge is 0.508 e. The summed E-state index contributed by atoms with van der Waals surface area (Å²) in [4.78, 5) is 38.3. The number of piperidine rings is 2. The molecule has 6 saturated heterocycles. The first-order chi connectivity index (χ1) is 35.5. The van der Waals surface area contributed by atoms with E-state index in [0.717, 1.165) is 76.1 Å². The van der Waals surface area contributed by atoms with Crippen LogP contribution in [-0.2, 0) is 9.47 Å². The smallest absolute Gasteiger partial charge is 0.319 e. The van der Waals surface area contributed by atoms with E-state index in [1.165, 1.54) is 24.3 Å². The summed E-state index contributed by atoms with van der Waals surface area (Å²) in [5, 5.41) is 26.1. The minimum Gasteiger partial charge on any atom is -0.508 e. The maximum atomic E-state index is 17.1. The molecular weight excluding hydrogens is 960 g/mol. The molecule has 13 rings (SSSR count). The molecule has 11 heterocycles. The standard InChI is InChI=1S/C53H52ClF2N11O6/c1-2-33-37(55)7-3-28-19-32(68)20-34(42(28)33)45-43(56)46-35(23-58-45)50(67-24-30-5-6-31(25-67)59-30)64-51(62-46)70-18-17-65-13-9-53(10-14-65)11-15-66(16-12-53)41-8-4-29(22-57-41)44-36(54)21-38-49(61-44)63-52(60-38)73-40-27-72-47-39(69)26-71-48(40)47/h1,3-4,7-8,19-23,30-31,39-40,47-48,59,68-69H,5-6,9-18,24-27H2,(H,60,61,63)/t30?,31?,39-,40-,47-,48-/m1/s1. The van der Waals surface area contributed by atoms with E-state index in [0.29, 0.717) is 64.7 Å². The van der Waals surface area contributed by atoms with Gasteiger partial charge in [0, 0.05) is 73.7 Å². The van der Waals surface area contributed by atoms with Crippen molar-refractivity contribution in [2.24, 2.45) is 5.41 Å². The second-order valence-electron chi connectivity index (χ2n) is 20.3. The highest BCUT2D eigenvalue weighted by Gasteiger charge is 2.49. The number of hydrogen-bond acceptors (Lipinski definition) is 16. The third kappa shape index (κ3) is 8.47. The summed E-state index contributed by atoms with van der Waals surface area (Å²) >= 11 is 6.75. The monoisotopic (exact) mass is 1010 g/mol. The Bertz CT molecular complexity index is 3310. The highest BCUT2D eigenvalue weighted by atomic mass is 35.5. The SMILES string of the molecule is C#Cc1c(F)ccc2cc(O)cc(-c3ncc4c(N5CC6CCC(C5)N6)nc(OCCN5CCC6(CC5)CCN(c5ccc(-c7nc8nc(O[C@@H]9CO[C@H]%10[C@@H]9OC[C@H]%10O)[nH]c8cc7Cl)cn5)CC6)nc4c3F)c12. The predicted molar refractivity (Wildman–Crippen MR) is 269 cm³/mol. The topological polar surface area (TPSA) is 192 Å². The average Bonchev–Trinajstić information content (AvgIpc) is 4.19. The normalized spacial score (nSPS) is 24.8. The number of ether oxygens (including phenoxy) is 4. The lowest BCUT2D eigenvalue weighted by Crippen LogP contribution is -2.51. The third-order valence-electron chi connectivity index (χ3n) is 16.0. The molecular formula is C53H52ClF2N11O6. The Labute approximate surface area is 423 Å². The van der Waals surface area contributed by atoms with Crippen LogP contribution in [0.25, 0.3) is 55.4 Å². The van der Waals surface area contributed by atoms with E-state index in [9.17, 15) is 10.2 Å². The number of rotatable bonds is 10. The van der Waals surface area contributed by atoms with Gasteiger partial charge in [0.1, 0.15) is 59.3 Å². The van der Waals surface area contributed by atoms with Crippen LogP contribution in [0.1, 0.15) is 44.1 Å². The first kappa shape index (κ1) is 46.3. The van der Waals surface area contributed by atoms with Crippen molar-refractivity contribution in [3.8, 4) is 52.6 Å². The Morgan fingerprint density at radius 2 is 1.67 bits per heavy atom. The quantitative estimate of drug-likeness (QED) is 0.110. The van der Waals surface area contributed by atoms with Crippen LogP contribution in [0.15, 0.2) is 54.9 Å². The number of hydrogen-bond donors (Lipinski definition) is 4. The van der Waals surface area contributed by atoms with Gasteiger partial charge in [-0.05, 0) is 98.8 Å². The van der Waals surface area contributed by atoms with Gasteiger partial charge in [-0.15, -0.1) is 6.42 Å². The van der Waals surface area contributed by atoms with Crippen LogP contribution in [0.4, 0.5) is 20.4 Å². The number of aromatic hydroxyl groups is 1. The van der Waals surface area contributed by atoms with Crippen molar-refractivity contribution in [3.05, 3.63) is 77.1 Å². The van der Waals surface area contributed by atoms with Crippen LogP contribution in [0.2, 0.25) is 5.02 Å². The van der Waals surface area contributed by atoms with E-state index >= 15 is 8.78 Å². The summed E-state index contributed by atoms with van der Waals surface area (Å²) in [6, 6.07) is 12.3. The first-order valence-corrected chi connectivity index (χ1v) is 25.4. The van der Waals surface area contributed by atoms with Crippen LogP contribution < -0.4 is 24.6 Å². The fourth-order valence-corrected chi connectivity index (χ4v) is 12.3. The predicted octanol–water partition coefficient (Wildman–Crippen LogP) is 6.40. The molecule has 4 N–H and O–H groups in total. The first-order valence-electron chi connectivity index (χ1n) is 25.1. The van der Waals surface area contributed by atoms with Gasteiger partial charge in [0.05, 0.1) is 40.4 Å². The number of anilines is 2. The van der Waals surface area contributed by atoms with Gasteiger partial charge in [-0.25, -0.2) is 18.7 Å². The Morgan fingerprint density at radius 3 is 2.45 bits per heavy atom. The van der Waals surface area contributed by atoms with Crippen molar-refractivity contribution >= 4 is 56.1 Å². The van der Waals surface area contributed by atoms with Crippen molar-refractivity contribution in [2.45, 2.75) is 75.0 Å². The number of phenolic OH excluding ortho intramolecular Hbond substituents is 1. The number of benzene rings is 2. The lowest BCUT2D eigenvalue weighted by atomic mass is 9.71. The van der Waals surface area contributed by atoms with E-state index in [4.69, 9.17) is 51.9 Å². The number of piperazine rings is 1. The van der Waals surface area contributed by atoms with Crippen LogP contribution in [0, 0.1) is 29.4 Å². The number of imidazole rings is 1. The van der Waals surface area contributed by atoms with Gasteiger partial charge >= 0.3 is 6.01 Å². The van der Waals surface area contributed by atoms with Gasteiger partial charge < -0.3 is 49.3 Å². The Hall–Kier alpha value is -6.53. The summed E-state index contributed by atoms with van der Waals surface area (Å²) in [6.45, 7) is 6.54. The lowest BCUT2D eigenvalue weighted by molar-refractivity contribution is 0.00706. The molecule has 6 aliphatic heterocycles. The molecule has 0 radical (unpaired) electrons. The minimum atomic E-state index is -0.743. The second-order valence-corrected chi connectivity index (χ2v) is 20.8. The van der Waals surface area contributed by atoms with Gasteiger partial charge in [-0.3, -0.25) is 9.88 Å². The van der Waals surface area contributed by atoms with Gasteiger partial charge in [0.2, 0.25) is 0 Å². The molecule has 6 aliphatic rings. The molecule has 7 aromatic rings. The minimum absolute atomic E-state index is 0.0230. The maximum absolute atomic E-state index is 17.1. The number of nitrogens with zero attached hydrogens (tertiary/aromatic N) is 9. The van der Waals surface area contributed by atoms with E-state index in [2.05, 4.69) is 45.9 Å². The van der Waals surface area contributed by atoms with E-state index in [1.54, 1.807) is 12.3 Å². The van der Waals surface area contributed by atoms with Crippen molar-refractivity contribution in [1.29, 1.82) is 0 Å². The molecule has 0 amide bonds. The van der Waals surface area contributed by atoms with Crippen molar-refractivity contribution < 1.29 is 37.9 Å². The molecule has 20 heteroatoms. The van der Waals surface area contributed by atoms with Gasteiger partial charge in [0.25, 0.3) is 6.01 Å². The molecule has 73 heavy (non-hydrogen) atoms. The fraction of sp³-hybridized carbons (Fsp3) is 0.434. The van der Waals surface area contributed by atoms with Crippen molar-refractivity contribution in [3.63, 3.8) is 0 Å². The number of terminal acetylenes is 1. The molecule has 6 atom stereocenters. The summed E-state index contributed by atoms with van der Waals surface area (Å²) in [5.41, 5.74) is 2.72. The van der Waals surface area contributed by atoms with Crippen LogP contribution in [0.3, 0.4) is 0 Å². The summed E-state index contributed by atoms with van der Waals surface area (Å²) in [5.74, 6) is 2.36. The Balaban J connectivity index is 0.652. The third-order valence-corrected chi connectivity index (χ3v) is 16.3. The summed E-state index contributed by atoms with van der Waals surface area (Å²) in [7, 11) is 0. The molecule has 376 valence electrons. The highest BCUT2D eigenvalue weighted by Crippen LogP contribution is 2.43. The molecule has 0 saturated carbocycles. The number of pyridine rings is 3. The van der Waals surface area contributed by atoms with Gasteiger partial charge in [0.15, 0.2) is 17.6 Å². The summed E-state index contributed by atoms with van der Waals surface area (Å²) < 4.78 is 55.8. The number of H-pyrrole nitrogens is 1. The van der Waals surface area contributed by atoms with E-state index in [1.807, 2.05) is 18.3 Å². The van der Waals surface area contributed by atoms with Crippen molar-refractivity contribution in [1.82, 2.24) is 45.1 Å². The van der Waals surface area contributed by atoms with Gasteiger partial charge in [-0.1, -0.05) is 23.6 Å². The zero-order valence-electron chi connectivity index (χ0n) is 39.7. The molecule has 2 bridgehead atoms. The molecule has 2 aromatic carbocycles. The second kappa shape index (κ2) is 18.4. The zero-order valence-corrected chi connectivity index (χ0v) is 40.5. The van der Waals surface area contributed by atoms with E-state index in [-0.39, 0.29) is 82.3 Å². The number of aromatic amines is 1.